The van der Waals surface area contributed by atoms with Gasteiger partial charge in [0.25, 0.3) is 5.91 Å². The molecule has 1 aromatic rings. The lowest BCUT2D eigenvalue weighted by atomic mass is 9.71. The molecule has 2 aliphatic rings. The summed E-state index contributed by atoms with van der Waals surface area (Å²) in [6.07, 6.45) is 9.32. The maximum absolute atomic E-state index is 12.9. The Labute approximate surface area is 153 Å². The van der Waals surface area contributed by atoms with Crippen molar-refractivity contribution in [3.8, 4) is 0 Å². The normalized spacial score (nSPS) is 26.0. The number of carbonyl (C=O) groups excluding carboxylic acids is 1. The summed E-state index contributed by atoms with van der Waals surface area (Å²) in [5.41, 5.74) is 1.89. The van der Waals surface area contributed by atoms with Crippen molar-refractivity contribution in [2.24, 2.45) is 5.92 Å². The van der Waals surface area contributed by atoms with Gasteiger partial charge in [0.15, 0.2) is 0 Å². The van der Waals surface area contributed by atoms with Crippen LogP contribution in [0.3, 0.4) is 0 Å². The number of hydrogen-bond acceptors (Lipinski definition) is 3. The summed E-state index contributed by atoms with van der Waals surface area (Å²) >= 11 is 7.61. The number of allylic oxidation sites excluding steroid dienone is 1. The number of fused-ring (bicyclic) bond motifs is 2. The molecule has 1 amide bonds. The maximum atomic E-state index is 12.9. The fourth-order valence-electron chi connectivity index (χ4n) is 3.92. The van der Waals surface area contributed by atoms with Crippen molar-refractivity contribution in [1.82, 2.24) is 10.3 Å². The van der Waals surface area contributed by atoms with Gasteiger partial charge in [0.1, 0.15) is 10.2 Å². The SMILES string of the molecule is CCCSc1nc(Cl)ccc1C(=O)NC1(C)C=C2CCCC(C2)C1. The number of nitrogens with one attached hydrogen (secondary N) is 1. The van der Waals surface area contributed by atoms with Crippen molar-refractivity contribution >= 4 is 29.3 Å². The topological polar surface area (TPSA) is 42.0 Å². The van der Waals surface area contributed by atoms with Gasteiger partial charge in [0.05, 0.1) is 11.1 Å². The average Bonchev–Trinajstić information content (AvgIpc) is 2.51. The highest BCUT2D eigenvalue weighted by Gasteiger charge is 2.35. The zero-order chi connectivity index (χ0) is 17.2. The molecule has 130 valence electrons. The number of amides is 1. The molecule has 1 aromatic heterocycles. The van der Waals surface area contributed by atoms with E-state index in [0.29, 0.717) is 16.6 Å². The van der Waals surface area contributed by atoms with Crippen LogP contribution in [-0.2, 0) is 0 Å². The largest absolute Gasteiger partial charge is 0.343 e. The maximum Gasteiger partial charge on any atom is 0.254 e. The average molecular weight is 365 g/mol. The molecule has 1 heterocycles. The molecule has 1 fully saturated rings. The summed E-state index contributed by atoms with van der Waals surface area (Å²) in [5.74, 6) is 1.59. The minimum absolute atomic E-state index is 0.0444. The Morgan fingerprint density at radius 1 is 1.50 bits per heavy atom. The van der Waals surface area contributed by atoms with Crippen LogP contribution in [0, 0.1) is 5.92 Å². The molecule has 0 radical (unpaired) electrons. The van der Waals surface area contributed by atoms with E-state index in [4.69, 9.17) is 11.6 Å². The Hall–Kier alpha value is -1.00. The van der Waals surface area contributed by atoms with Crippen LogP contribution in [0.5, 0.6) is 0 Å². The first kappa shape index (κ1) is 17.8. The van der Waals surface area contributed by atoms with Crippen LogP contribution < -0.4 is 5.32 Å². The molecule has 0 aromatic carbocycles. The van der Waals surface area contributed by atoms with E-state index in [0.717, 1.165) is 23.6 Å². The van der Waals surface area contributed by atoms with Gasteiger partial charge in [-0.15, -0.1) is 11.8 Å². The van der Waals surface area contributed by atoms with Crippen LogP contribution in [0.15, 0.2) is 28.8 Å². The predicted molar refractivity (Wildman–Crippen MR) is 101 cm³/mol. The molecule has 5 heteroatoms. The molecule has 2 bridgehead atoms. The second-order valence-corrected chi connectivity index (χ2v) is 8.65. The summed E-state index contributed by atoms with van der Waals surface area (Å²) in [5, 5.41) is 4.43. The highest BCUT2D eigenvalue weighted by Crippen LogP contribution is 2.40. The Bertz CT molecular complexity index is 661. The van der Waals surface area contributed by atoms with Crippen molar-refractivity contribution < 1.29 is 4.79 Å². The predicted octanol–water partition coefficient (Wildman–Crippen LogP) is 5.25. The number of halogens is 1. The number of nitrogens with zero attached hydrogens (tertiary/aromatic N) is 1. The molecule has 24 heavy (non-hydrogen) atoms. The van der Waals surface area contributed by atoms with Crippen molar-refractivity contribution in [2.45, 2.75) is 62.9 Å². The zero-order valence-electron chi connectivity index (χ0n) is 14.4. The second-order valence-electron chi connectivity index (χ2n) is 7.18. The molecule has 3 nitrogen and oxygen atoms in total. The minimum Gasteiger partial charge on any atom is -0.343 e. The molecule has 3 rings (SSSR count). The Kier molecular flexibility index (Phi) is 5.56. The fourth-order valence-corrected chi connectivity index (χ4v) is 4.99. The van der Waals surface area contributed by atoms with Crippen LogP contribution in [0.2, 0.25) is 5.15 Å². The Morgan fingerprint density at radius 2 is 2.33 bits per heavy atom. The Morgan fingerprint density at radius 3 is 3.08 bits per heavy atom. The van der Waals surface area contributed by atoms with E-state index in [-0.39, 0.29) is 11.4 Å². The third-order valence-electron chi connectivity index (χ3n) is 4.81. The van der Waals surface area contributed by atoms with E-state index in [9.17, 15) is 4.79 Å². The van der Waals surface area contributed by atoms with Gasteiger partial charge in [-0.3, -0.25) is 4.79 Å². The lowest BCUT2D eigenvalue weighted by molar-refractivity contribution is 0.0902. The number of pyridine rings is 1. The summed E-state index contributed by atoms with van der Waals surface area (Å²) in [6, 6.07) is 3.49. The van der Waals surface area contributed by atoms with Gasteiger partial charge in [-0.2, -0.15) is 0 Å². The summed E-state index contributed by atoms with van der Waals surface area (Å²) in [6.45, 7) is 4.26. The molecule has 2 unspecified atom stereocenters. The number of thioether (sulfide) groups is 1. The van der Waals surface area contributed by atoms with Crippen LogP contribution in [0.1, 0.15) is 62.7 Å². The van der Waals surface area contributed by atoms with E-state index in [2.05, 4.69) is 30.2 Å². The summed E-state index contributed by atoms with van der Waals surface area (Å²) < 4.78 is 0. The van der Waals surface area contributed by atoms with Gasteiger partial charge < -0.3 is 5.32 Å². The highest BCUT2D eigenvalue weighted by molar-refractivity contribution is 7.99. The molecule has 1 saturated carbocycles. The van der Waals surface area contributed by atoms with E-state index >= 15 is 0 Å². The Balaban J connectivity index is 1.79. The molecule has 1 N–H and O–H groups in total. The quantitative estimate of drug-likeness (QED) is 0.441. The molecular weight excluding hydrogens is 340 g/mol. The molecule has 2 atom stereocenters. The van der Waals surface area contributed by atoms with Gasteiger partial charge in [0, 0.05) is 0 Å². The van der Waals surface area contributed by atoms with Crippen LogP contribution in [0.4, 0.5) is 0 Å². The molecule has 2 aliphatic carbocycles. The van der Waals surface area contributed by atoms with Crippen LogP contribution in [0.25, 0.3) is 0 Å². The lowest BCUT2D eigenvalue weighted by Crippen LogP contribution is -2.48. The van der Waals surface area contributed by atoms with Gasteiger partial charge in [-0.1, -0.05) is 30.2 Å². The van der Waals surface area contributed by atoms with E-state index in [1.807, 2.05) is 0 Å². The minimum atomic E-state index is -0.248. The van der Waals surface area contributed by atoms with Gasteiger partial charge >= 0.3 is 0 Å². The van der Waals surface area contributed by atoms with Crippen molar-refractivity contribution in [3.05, 3.63) is 34.5 Å². The number of hydrogen-bond donors (Lipinski definition) is 1. The summed E-state index contributed by atoms with van der Waals surface area (Å²) in [7, 11) is 0. The van der Waals surface area contributed by atoms with Gasteiger partial charge in [-0.05, 0) is 69.3 Å². The standard InChI is InChI=1S/C19H25ClN2OS/c1-3-9-24-18-15(7-8-16(20)21-18)17(23)22-19(2)11-13-5-4-6-14(10-13)12-19/h7-8,11,14H,3-6,9-10,12H2,1-2H3,(H,22,23). The third kappa shape index (κ3) is 4.15. The number of aromatic nitrogens is 1. The van der Waals surface area contributed by atoms with Crippen LogP contribution in [-0.4, -0.2) is 22.2 Å². The van der Waals surface area contributed by atoms with E-state index < -0.39 is 0 Å². The molecule has 0 saturated heterocycles. The highest BCUT2D eigenvalue weighted by atomic mass is 35.5. The second kappa shape index (κ2) is 7.49. The van der Waals surface area contributed by atoms with E-state index in [1.54, 1.807) is 23.9 Å². The number of rotatable bonds is 5. The monoisotopic (exact) mass is 364 g/mol. The molecule has 0 spiro atoms. The van der Waals surface area contributed by atoms with Crippen molar-refractivity contribution in [1.29, 1.82) is 0 Å². The van der Waals surface area contributed by atoms with Gasteiger partial charge in [0.2, 0.25) is 0 Å². The third-order valence-corrected chi connectivity index (χ3v) is 6.22. The van der Waals surface area contributed by atoms with Crippen molar-refractivity contribution in [2.75, 3.05) is 5.75 Å². The van der Waals surface area contributed by atoms with Crippen LogP contribution >= 0.6 is 23.4 Å². The lowest BCUT2D eigenvalue weighted by Gasteiger charge is -2.40. The number of carbonyl (C=O) groups is 1. The van der Waals surface area contributed by atoms with E-state index in [1.165, 1.54) is 31.3 Å². The van der Waals surface area contributed by atoms with Crippen molar-refractivity contribution in [3.63, 3.8) is 0 Å². The van der Waals surface area contributed by atoms with Gasteiger partial charge in [-0.25, -0.2) is 4.98 Å². The molecular formula is C19H25ClN2OS. The zero-order valence-corrected chi connectivity index (χ0v) is 16.0. The first-order valence-corrected chi connectivity index (χ1v) is 10.2. The smallest absolute Gasteiger partial charge is 0.254 e. The summed E-state index contributed by atoms with van der Waals surface area (Å²) in [4.78, 5) is 17.3. The fraction of sp³-hybridized carbons (Fsp3) is 0.579. The first-order valence-electron chi connectivity index (χ1n) is 8.81. The molecule has 0 aliphatic heterocycles. The first-order chi connectivity index (χ1) is 11.5.